The van der Waals surface area contributed by atoms with E-state index in [4.69, 9.17) is 14.2 Å². The number of unbranched alkanes of at least 4 members (excludes halogenated alkanes) is 17. The SMILES string of the molecule is CC/C=C\C/C=C\C/C=C\C/C=C\CCCCC(=O)O[C@H](COC(=O)CCCCC/C=C\C/C=C\C/C=C\C/C=C\CCCCC)COC(=O)CCCCCCC/C=C\CCCCCC. The first-order valence-corrected chi connectivity index (χ1v) is 26.4. The van der Waals surface area contributed by atoms with Gasteiger partial charge in [-0.25, -0.2) is 0 Å². The third-order valence-corrected chi connectivity index (χ3v) is 10.7. The van der Waals surface area contributed by atoms with Gasteiger partial charge in [-0.2, -0.15) is 0 Å². The molecule has 0 radical (unpaired) electrons. The maximum atomic E-state index is 12.8. The molecule has 0 N–H and O–H groups in total. The number of carbonyl (C=O) groups excluding carboxylic acids is 3. The van der Waals surface area contributed by atoms with Crippen LogP contribution in [0.4, 0.5) is 0 Å². The molecule has 0 aliphatic rings. The lowest BCUT2D eigenvalue weighted by molar-refractivity contribution is -0.167. The number of allylic oxidation sites excluding steroid dienone is 18. The van der Waals surface area contributed by atoms with Crippen molar-refractivity contribution in [2.24, 2.45) is 0 Å². The lowest BCUT2D eigenvalue weighted by Gasteiger charge is -2.18. The molecule has 0 aliphatic carbocycles. The van der Waals surface area contributed by atoms with E-state index < -0.39 is 6.10 Å². The van der Waals surface area contributed by atoms with Crippen molar-refractivity contribution in [2.75, 3.05) is 13.2 Å². The molecule has 0 bridgehead atoms. The van der Waals surface area contributed by atoms with Gasteiger partial charge in [0, 0.05) is 19.3 Å². The summed E-state index contributed by atoms with van der Waals surface area (Å²) in [7, 11) is 0. The van der Waals surface area contributed by atoms with Crippen LogP contribution in [0.25, 0.3) is 0 Å². The van der Waals surface area contributed by atoms with Crippen molar-refractivity contribution < 1.29 is 28.6 Å². The second kappa shape index (κ2) is 52.7. The molecule has 0 aliphatic heterocycles. The molecule has 6 heteroatoms. The molecule has 0 fully saturated rings. The lowest BCUT2D eigenvalue weighted by atomic mass is 10.1. The zero-order valence-electron chi connectivity index (χ0n) is 42.0. The van der Waals surface area contributed by atoms with E-state index in [2.05, 4.69) is 130 Å². The van der Waals surface area contributed by atoms with Gasteiger partial charge in [0.05, 0.1) is 0 Å². The Kier molecular flexibility index (Phi) is 49.5. The smallest absolute Gasteiger partial charge is 0.306 e. The second-order valence-electron chi connectivity index (χ2n) is 17.0. The molecule has 0 unspecified atom stereocenters. The molecule has 0 aromatic carbocycles. The Hall–Kier alpha value is -3.93. The van der Waals surface area contributed by atoms with Crippen LogP contribution in [0, 0.1) is 0 Å². The van der Waals surface area contributed by atoms with E-state index in [9.17, 15) is 14.4 Å². The summed E-state index contributed by atoms with van der Waals surface area (Å²) in [5.41, 5.74) is 0. The van der Waals surface area contributed by atoms with Gasteiger partial charge in [-0.3, -0.25) is 14.4 Å². The Morgan fingerprint density at radius 1 is 0.323 bits per heavy atom. The predicted molar refractivity (Wildman–Crippen MR) is 279 cm³/mol. The van der Waals surface area contributed by atoms with Gasteiger partial charge in [-0.05, 0) is 128 Å². The standard InChI is InChI=1S/C59H96O6/c1-4-7-10-13-16-19-22-25-27-28-29-30-32-34-37-40-43-46-49-52-58(61)64-55-56(54-63-57(60)51-48-45-42-39-36-33-24-21-18-15-12-9-6-3)65-59(62)53-50-47-44-41-38-35-31-26-23-20-17-14-11-8-5-2/h8,11,16-17,19-21,24-27,29-31,34,37-38,41,56H,4-7,9-10,12-15,18,22-23,28,32-33,35-36,39-40,42-55H2,1-3H3/b11-8-,19-16-,20-17-,24-21-,27-25-,30-29-,31-26-,37-34-,41-38-/t56-/m0/s1. The van der Waals surface area contributed by atoms with Gasteiger partial charge in [-0.1, -0.05) is 188 Å². The summed E-state index contributed by atoms with van der Waals surface area (Å²) in [6, 6.07) is 0. The first kappa shape index (κ1) is 61.1. The molecular weight excluding hydrogens is 805 g/mol. The average Bonchev–Trinajstić information content (AvgIpc) is 3.30. The molecule has 1 atom stereocenters. The molecular formula is C59H96O6. The fraction of sp³-hybridized carbons (Fsp3) is 0.644. The normalized spacial score (nSPS) is 13.0. The lowest BCUT2D eigenvalue weighted by Crippen LogP contribution is -2.30. The average molecular weight is 901 g/mol. The largest absolute Gasteiger partial charge is 0.462 e. The molecule has 368 valence electrons. The first-order chi connectivity index (χ1) is 32.0. The van der Waals surface area contributed by atoms with E-state index in [0.29, 0.717) is 19.3 Å². The van der Waals surface area contributed by atoms with E-state index in [1.165, 1.54) is 64.2 Å². The van der Waals surface area contributed by atoms with Gasteiger partial charge in [0.15, 0.2) is 6.10 Å². The molecule has 0 heterocycles. The van der Waals surface area contributed by atoms with Crippen LogP contribution in [-0.2, 0) is 28.6 Å². The molecule has 0 rings (SSSR count). The molecule has 0 aromatic rings. The van der Waals surface area contributed by atoms with Gasteiger partial charge in [0.1, 0.15) is 13.2 Å². The summed E-state index contributed by atoms with van der Waals surface area (Å²) < 4.78 is 16.7. The number of hydrogen-bond donors (Lipinski definition) is 0. The Morgan fingerprint density at radius 3 is 1.03 bits per heavy atom. The van der Waals surface area contributed by atoms with Gasteiger partial charge in [0.25, 0.3) is 0 Å². The fourth-order valence-corrected chi connectivity index (χ4v) is 6.76. The van der Waals surface area contributed by atoms with Crippen LogP contribution < -0.4 is 0 Å². The van der Waals surface area contributed by atoms with Gasteiger partial charge < -0.3 is 14.2 Å². The molecule has 0 spiro atoms. The summed E-state index contributed by atoms with van der Waals surface area (Å²) in [4.78, 5) is 38.0. The Balaban J connectivity index is 4.53. The van der Waals surface area contributed by atoms with Crippen LogP contribution in [0.15, 0.2) is 109 Å². The van der Waals surface area contributed by atoms with Crippen LogP contribution in [0.2, 0.25) is 0 Å². The summed E-state index contributed by atoms with van der Waals surface area (Å²) in [6.45, 7) is 6.40. The van der Waals surface area contributed by atoms with E-state index in [1.54, 1.807) is 0 Å². The Morgan fingerprint density at radius 2 is 0.600 bits per heavy atom. The molecule has 0 saturated heterocycles. The highest BCUT2D eigenvalue weighted by molar-refractivity contribution is 5.71. The number of rotatable bonds is 46. The van der Waals surface area contributed by atoms with Crippen molar-refractivity contribution in [2.45, 2.75) is 232 Å². The minimum atomic E-state index is -0.818. The van der Waals surface area contributed by atoms with Crippen LogP contribution in [0.1, 0.15) is 226 Å². The van der Waals surface area contributed by atoms with Crippen LogP contribution in [-0.4, -0.2) is 37.2 Å². The highest BCUT2D eigenvalue weighted by atomic mass is 16.6. The van der Waals surface area contributed by atoms with Gasteiger partial charge in [-0.15, -0.1) is 0 Å². The van der Waals surface area contributed by atoms with Crippen LogP contribution in [0.5, 0.6) is 0 Å². The third kappa shape index (κ3) is 50.9. The maximum absolute atomic E-state index is 12.8. The van der Waals surface area contributed by atoms with Crippen LogP contribution >= 0.6 is 0 Å². The van der Waals surface area contributed by atoms with E-state index in [0.717, 1.165) is 116 Å². The van der Waals surface area contributed by atoms with Gasteiger partial charge >= 0.3 is 17.9 Å². The summed E-state index contributed by atoms with van der Waals surface area (Å²) in [5, 5.41) is 0. The van der Waals surface area contributed by atoms with Crippen LogP contribution in [0.3, 0.4) is 0 Å². The topological polar surface area (TPSA) is 78.9 Å². The number of hydrogen-bond acceptors (Lipinski definition) is 6. The fourth-order valence-electron chi connectivity index (χ4n) is 6.76. The Labute approximate surface area is 400 Å². The minimum absolute atomic E-state index is 0.111. The summed E-state index contributed by atoms with van der Waals surface area (Å²) in [5.74, 6) is -0.999. The van der Waals surface area contributed by atoms with Gasteiger partial charge in [0.2, 0.25) is 0 Å². The zero-order chi connectivity index (χ0) is 47.2. The molecule has 6 nitrogen and oxygen atoms in total. The van der Waals surface area contributed by atoms with Crippen molar-refractivity contribution in [1.29, 1.82) is 0 Å². The third-order valence-electron chi connectivity index (χ3n) is 10.7. The summed E-state index contributed by atoms with van der Waals surface area (Å²) in [6.07, 6.45) is 70.7. The molecule has 0 amide bonds. The second-order valence-corrected chi connectivity index (χ2v) is 17.0. The molecule has 0 aromatic heterocycles. The molecule has 65 heavy (non-hydrogen) atoms. The number of esters is 3. The highest BCUT2D eigenvalue weighted by Gasteiger charge is 2.19. The van der Waals surface area contributed by atoms with Crippen molar-refractivity contribution >= 4 is 17.9 Å². The Bertz CT molecular complexity index is 1360. The van der Waals surface area contributed by atoms with Crippen molar-refractivity contribution in [3.63, 3.8) is 0 Å². The zero-order valence-corrected chi connectivity index (χ0v) is 42.0. The van der Waals surface area contributed by atoms with Crippen molar-refractivity contribution in [3.8, 4) is 0 Å². The highest BCUT2D eigenvalue weighted by Crippen LogP contribution is 2.12. The predicted octanol–water partition coefficient (Wildman–Crippen LogP) is 17.5. The maximum Gasteiger partial charge on any atom is 0.306 e. The number of carbonyl (C=O) groups is 3. The first-order valence-electron chi connectivity index (χ1n) is 26.4. The summed E-state index contributed by atoms with van der Waals surface area (Å²) >= 11 is 0. The number of ether oxygens (including phenoxy) is 3. The van der Waals surface area contributed by atoms with E-state index >= 15 is 0 Å². The van der Waals surface area contributed by atoms with Crippen molar-refractivity contribution in [3.05, 3.63) is 109 Å². The monoisotopic (exact) mass is 901 g/mol. The van der Waals surface area contributed by atoms with E-state index in [-0.39, 0.29) is 37.5 Å². The van der Waals surface area contributed by atoms with E-state index in [1.807, 2.05) is 0 Å². The minimum Gasteiger partial charge on any atom is -0.462 e. The molecule has 0 saturated carbocycles. The van der Waals surface area contributed by atoms with Crippen molar-refractivity contribution in [1.82, 2.24) is 0 Å². The quantitative estimate of drug-likeness (QED) is 0.0262.